The summed E-state index contributed by atoms with van der Waals surface area (Å²) in [6.45, 7) is 0.338. The van der Waals surface area contributed by atoms with Gasteiger partial charge in [-0.2, -0.15) is 0 Å². The van der Waals surface area contributed by atoms with Crippen molar-refractivity contribution in [1.82, 2.24) is 4.90 Å². The highest BCUT2D eigenvalue weighted by molar-refractivity contribution is 6.31. The van der Waals surface area contributed by atoms with Gasteiger partial charge in [0.2, 0.25) is 0 Å². The molecule has 0 unspecified atom stereocenters. The summed E-state index contributed by atoms with van der Waals surface area (Å²) < 4.78 is 0. The van der Waals surface area contributed by atoms with Gasteiger partial charge in [0, 0.05) is 16.3 Å². The molecule has 6 heteroatoms. The van der Waals surface area contributed by atoms with Gasteiger partial charge in [0.05, 0.1) is 17.9 Å². The lowest BCUT2D eigenvalue weighted by Gasteiger charge is -2.21. The summed E-state index contributed by atoms with van der Waals surface area (Å²) >= 11 is 11.7. The Morgan fingerprint density at radius 2 is 2.17 bits per heavy atom. The molecule has 2 amide bonds. The summed E-state index contributed by atoms with van der Waals surface area (Å²) in [6, 6.07) is 4.58. The van der Waals surface area contributed by atoms with Crippen molar-refractivity contribution in [3.05, 3.63) is 46.6 Å². The molecule has 1 heterocycles. The first-order valence-corrected chi connectivity index (χ1v) is 5.97. The highest BCUT2D eigenvalue weighted by Crippen LogP contribution is 2.23. The second kappa shape index (κ2) is 5.33. The fraction of sp³-hybridized carbons (Fsp3) is 0.0833. The second-order valence-corrected chi connectivity index (χ2v) is 4.67. The van der Waals surface area contributed by atoms with Crippen LogP contribution in [-0.2, 0) is 0 Å². The first-order chi connectivity index (χ1) is 8.56. The van der Waals surface area contributed by atoms with Gasteiger partial charge in [0.1, 0.15) is 0 Å². The number of nitrogens with one attached hydrogen (secondary N) is 1. The molecular weight excluding hydrogens is 273 g/mol. The van der Waals surface area contributed by atoms with E-state index in [0.29, 0.717) is 28.0 Å². The van der Waals surface area contributed by atoms with Crippen LogP contribution in [0, 0.1) is 0 Å². The molecule has 1 aliphatic rings. The molecule has 0 saturated carbocycles. The van der Waals surface area contributed by atoms with Crippen molar-refractivity contribution in [1.29, 1.82) is 0 Å². The summed E-state index contributed by atoms with van der Waals surface area (Å²) in [4.78, 5) is 13.4. The molecule has 2 rings (SSSR count). The summed E-state index contributed by atoms with van der Waals surface area (Å²) in [7, 11) is 0. The van der Waals surface area contributed by atoms with E-state index in [4.69, 9.17) is 28.9 Å². The number of nitrogen functional groups attached to an aromatic ring is 1. The standard InChI is InChI=1S/C12H11Cl2N3O/c13-8-3-4-10(15)11(6-8)16-12(18)17-5-1-2-9(14)7-17/h1-6H,7,15H2,(H,16,18). The van der Waals surface area contributed by atoms with Crippen molar-refractivity contribution >= 4 is 40.6 Å². The van der Waals surface area contributed by atoms with Gasteiger partial charge in [-0.25, -0.2) is 4.79 Å². The number of urea groups is 1. The van der Waals surface area contributed by atoms with E-state index in [9.17, 15) is 4.79 Å². The van der Waals surface area contributed by atoms with Crippen LogP contribution in [0.15, 0.2) is 41.6 Å². The van der Waals surface area contributed by atoms with Gasteiger partial charge in [-0.05, 0) is 30.4 Å². The Hall–Kier alpha value is -1.65. The molecule has 1 aliphatic heterocycles. The number of halogens is 2. The lowest BCUT2D eigenvalue weighted by atomic mass is 10.2. The number of benzene rings is 1. The van der Waals surface area contributed by atoms with Crippen molar-refractivity contribution in [2.75, 3.05) is 17.6 Å². The normalized spacial score (nSPS) is 14.3. The molecule has 0 fully saturated rings. The number of carbonyl (C=O) groups excluding carboxylic acids is 1. The molecule has 1 aromatic carbocycles. The molecule has 18 heavy (non-hydrogen) atoms. The molecule has 0 saturated heterocycles. The van der Waals surface area contributed by atoms with E-state index in [1.807, 2.05) is 0 Å². The minimum absolute atomic E-state index is 0.313. The highest BCUT2D eigenvalue weighted by Gasteiger charge is 2.15. The minimum atomic E-state index is -0.313. The van der Waals surface area contributed by atoms with Crippen LogP contribution in [-0.4, -0.2) is 17.5 Å². The van der Waals surface area contributed by atoms with E-state index < -0.39 is 0 Å². The van der Waals surface area contributed by atoms with Crippen LogP contribution >= 0.6 is 23.2 Å². The number of anilines is 2. The Labute approximate surface area is 115 Å². The van der Waals surface area contributed by atoms with Gasteiger partial charge < -0.3 is 11.1 Å². The molecule has 0 aromatic heterocycles. The summed E-state index contributed by atoms with van der Waals surface area (Å²) in [5.74, 6) is 0. The van der Waals surface area contributed by atoms with Gasteiger partial charge in [-0.1, -0.05) is 23.2 Å². The number of rotatable bonds is 1. The number of nitrogens with two attached hydrogens (primary N) is 1. The Morgan fingerprint density at radius 3 is 2.89 bits per heavy atom. The van der Waals surface area contributed by atoms with Crippen molar-refractivity contribution in [3.8, 4) is 0 Å². The maximum atomic E-state index is 12.0. The zero-order valence-corrected chi connectivity index (χ0v) is 10.9. The van der Waals surface area contributed by atoms with Crippen molar-refractivity contribution in [2.45, 2.75) is 0 Å². The maximum absolute atomic E-state index is 12.0. The Balaban J connectivity index is 2.10. The van der Waals surface area contributed by atoms with Crippen LogP contribution in [0.3, 0.4) is 0 Å². The predicted molar refractivity (Wildman–Crippen MR) is 74.7 cm³/mol. The van der Waals surface area contributed by atoms with E-state index in [1.165, 1.54) is 4.90 Å². The monoisotopic (exact) mass is 283 g/mol. The number of allylic oxidation sites excluding steroid dienone is 2. The molecule has 0 spiro atoms. The molecule has 4 nitrogen and oxygen atoms in total. The third kappa shape index (κ3) is 2.97. The smallest absolute Gasteiger partial charge is 0.326 e. The first kappa shape index (κ1) is 12.8. The maximum Gasteiger partial charge on any atom is 0.326 e. The fourth-order valence-corrected chi connectivity index (χ4v) is 1.86. The van der Waals surface area contributed by atoms with Gasteiger partial charge in [-0.15, -0.1) is 0 Å². The van der Waals surface area contributed by atoms with Gasteiger partial charge in [0.25, 0.3) is 0 Å². The second-order valence-electron chi connectivity index (χ2n) is 3.74. The summed E-state index contributed by atoms with van der Waals surface area (Å²) in [5, 5.41) is 3.78. The van der Waals surface area contributed by atoms with Gasteiger partial charge >= 0.3 is 6.03 Å². The largest absolute Gasteiger partial charge is 0.397 e. The number of carbonyl (C=O) groups is 1. The van der Waals surface area contributed by atoms with Gasteiger partial charge in [0.15, 0.2) is 0 Å². The lowest BCUT2D eigenvalue weighted by Crippen LogP contribution is -2.32. The molecule has 1 aromatic rings. The molecular formula is C12H11Cl2N3O. The minimum Gasteiger partial charge on any atom is -0.397 e. The van der Waals surface area contributed by atoms with Crippen LogP contribution in [0.5, 0.6) is 0 Å². The zero-order chi connectivity index (χ0) is 13.1. The van der Waals surface area contributed by atoms with E-state index in [0.717, 1.165) is 0 Å². The van der Waals surface area contributed by atoms with Crippen molar-refractivity contribution < 1.29 is 4.79 Å². The fourth-order valence-electron chi connectivity index (χ4n) is 1.48. The van der Waals surface area contributed by atoms with Crippen LogP contribution in [0.1, 0.15) is 0 Å². The molecule has 3 N–H and O–H groups in total. The number of hydrogen-bond acceptors (Lipinski definition) is 2. The third-order valence-corrected chi connectivity index (χ3v) is 2.86. The average molecular weight is 284 g/mol. The number of nitrogens with zero attached hydrogens (tertiary/aromatic N) is 1. The van der Waals surface area contributed by atoms with Gasteiger partial charge in [-0.3, -0.25) is 4.90 Å². The van der Waals surface area contributed by atoms with Crippen LogP contribution in [0.2, 0.25) is 5.02 Å². The topological polar surface area (TPSA) is 58.4 Å². The van der Waals surface area contributed by atoms with Crippen LogP contribution < -0.4 is 11.1 Å². The summed E-state index contributed by atoms with van der Waals surface area (Å²) in [6.07, 6.45) is 5.08. The number of amides is 2. The Kier molecular flexibility index (Phi) is 3.79. The SMILES string of the molecule is Nc1ccc(Cl)cc1NC(=O)N1C=CC=C(Cl)C1. The summed E-state index contributed by atoms with van der Waals surface area (Å²) in [5.41, 5.74) is 6.68. The van der Waals surface area contributed by atoms with E-state index in [-0.39, 0.29) is 6.03 Å². The number of hydrogen-bond donors (Lipinski definition) is 2. The molecule has 0 radical (unpaired) electrons. The predicted octanol–water partition coefficient (Wildman–Crippen LogP) is 3.41. The van der Waals surface area contributed by atoms with Crippen LogP contribution in [0.4, 0.5) is 16.2 Å². The van der Waals surface area contributed by atoms with E-state index in [2.05, 4.69) is 5.32 Å². The highest BCUT2D eigenvalue weighted by atomic mass is 35.5. The lowest BCUT2D eigenvalue weighted by molar-refractivity contribution is 0.231. The van der Waals surface area contributed by atoms with Crippen molar-refractivity contribution in [3.63, 3.8) is 0 Å². The first-order valence-electron chi connectivity index (χ1n) is 5.22. The zero-order valence-electron chi connectivity index (χ0n) is 9.36. The van der Waals surface area contributed by atoms with E-state index in [1.54, 1.807) is 36.6 Å². The molecule has 0 atom stereocenters. The molecule has 94 valence electrons. The Bertz CT molecular complexity index is 540. The van der Waals surface area contributed by atoms with Crippen molar-refractivity contribution in [2.24, 2.45) is 0 Å². The average Bonchev–Trinajstić information content (AvgIpc) is 2.34. The Morgan fingerprint density at radius 1 is 1.39 bits per heavy atom. The van der Waals surface area contributed by atoms with Crippen LogP contribution in [0.25, 0.3) is 0 Å². The third-order valence-electron chi connectivity index (χ3n) is 2.38. The molecule has 0 aliphatic carbocycles. The van der Waals surface area contributed by atoms with E-state index >= 15 is 0 Å². The molecule has 0 bridgehead atoms. The quantitative estimate of drug-likeness (QED) is 0.776.